The van der Waals surface area contributed by atoms with Crippen molar-refractivity contribution in [3.05, 3.63) is 108 Å². The van der Waals surface area contributed by atoms with Crippen LogP contribution in [0.5, 0.6) is 5.75 Å². The Balaban J connectivity index is 1.20. The van der Waals surface area contributed by atoms with Gasteiger partial charge in [-0.25, -0.2) is 4.79 Å². The van der Waals surface area contributed by atoms with E-state index in [4.69, 9.17) is 4.74 Å². The maximum atomic E-state index is 12.3. The molecule has 1 amide bonds. The second-order valence-corrected chi connectivity index (χ2v) is 8.63. The number of aromatic nitrogens is 1. The van der Waals surface area contributed by atoms with E-state index in [9.17, 15) is 14.7 Å². The average Bonchev–Trinajstić information content (AvgIpc) is 2.87. The van der Waals surface area contributed by atoms with E-state index in [0.29, 0.717) is 24.5 Å². The number of aromatic carboxylic acids is 1. The molecule has 0 radical (unpaired) electrons. The summed E-state index contributed by atoms with van der Waals surface area (Å²) in [6, 6.07) is 25.9. The molecule has 5 rings (SSSR count). The van der Waals surface area contributed by atoms with Crippen LogP contribution in [0.1, 0.15) is 15.9 Å². The molecule has 0 atom stereocenters. The fraction of sp³-hybridized carbons (Fsp3) is 0.138. The molecule has 4 aromatic rings. The first-order chi connectivity index (χ1) is 17.6. The molecule has 1 aromatic heterocycles. The van der Waals surface area contributed by atoms with E-state index in [1.165, 1.54) is 0 Å². The van der Waals surface area contributed by atoms with Gasteiger partial charge in [0.05, 0.1) is 25.1 Å². The van der Waals surface area contributed by atoms with Gasteiger partial charge in [-0.15, -0.1) is 0 Å². The Morgan fingerprint density at radius 3 is 2.42 bits per heavy atom. The predicted octanol–water partition coefficient (Wildman–Crippen LogP) is 4.90. The molecule has 7 heteroatoms. The monoisotopic (exact) mass is 479 g/mol. The lowest BCUT2D eigenvalue weighted by Crippen LogP contribution is -2.54. The first-order valence-electron chi connectivity index (χ1n) is 11.7. The molecule has 1 fully saturated rings. The largest absolute Gasteiger partial charge is 0.487 e. The van der Waals surface area contributed by atoms with Crippen molar-refractivity contribution in [3.63, 3.8) is 0 Å². The minimum absolute atomic E-state index is 0.0203. The van der Waals surface area contributed by atoms with Crippen molar-refractivity contribution in [3.8, 4) is 16.9 Å². The van der Waals surface area contributed by atoms with Crippen molar-refractivity contribution in [1.82, 2.24) is 4.98 Å². The molecule has 0 saturated carbocycles. The summed E-state index contributed by atoms with van der Waals surface area (Å²) in [6.07, 6.45) is 3.60. The number of carbonyl (C=O) groups excluding carboxylic acids is 1. The molecule has 1 aliphatic rings. The third-order valence-corrected chi connectivity index (χ3v) is 6.05. The molecule has 1 aliphatic heterocycles. The predicted molar refractivity (Wildman–Crippen MR) is 138 cm³/mol. The Morgan fingerprint density at radius 2 is 1.72 bits per heavy atom. The number of amides is 1. The molecule has 1 saturated heterocycles. The number of anilines is 2. The van der Waals surface area contributed by atoms with Gasteiger partial charge in [-0.3, -0.25) is 9.78 Å². The Hall–Kier alpha value is -4.65. The van der Waals surface area contributed by atoms with E-state index in [0.717, 1.165) is 22.4 Å². The fourth-order valence-corrected chi connectivity index (χ4v) is 4.30. The van der Waals surface area contributed by atoms with E-state index < -0.39 is 5.97 Å². The van der Waals surface area contributed by atoms with Gasteiger partial charge in [-0.1, -0.05) is 42.5 Å². The molecule has 3 aromatic carbocycles. The highest BCUT2D eigenvalue weighted by atomic mass is 16.5. The summed E-state index contributed by atoms with van der Waals surface area (Å²) in [5.74, 6) is -0.340. The van der Waals surface area contributed by atoms with Crippen LogP contribution < -0.4 is 15.0 Å². The Labute approximate surface area is 209 Å². The lowest BCUT2D eigenvalue weighted by Gasteiger charge is -2.41. The van der Waals surface area contributed by atoms with Gasteiger partial charge >= 0.3 is 5.97 Å². The van der Waals surface area contributed by atoms with Crippen LogP contribution in [0.4, 0.5) is 11.4 Å². The summed E-state index contributed by atoms with van der Waals surface area (Å²) in [5.41, 5.74) is 4.31. The van der Waals surface area contributed by atoms with E-state index in [2.05, 4.69) is 15.2 Å². The molecule has 0 bridgehead atoms. The van der Waals surface area contributed by atoms with E-state index in [1.807, 2.05) is 72.8 Å². The Kier molecular flexibility index (Phi) is 6.62. The number of pyridine rings is 1. The highest BCUT2D eigenvalue weighted by Crippen LogP contribution is 2.37. The molecule has 7 nitrogen and oxygen atoms in total. The molecule has 2 heterocycles. The molecule has 36 heavy (non-hydrogen) atoms. The van der Waals surface area contributed by atoms with Crippen LogP contribution in [0.3, 0.4) is 0 Å². The lowest BCUT2D eigenvalue weighted by molar-refractivity contribution is -0.115. The first-order valence-corrected chi connectivity index (χ1v) is 11.7. The number of carboxylic acids is 1. The van der Waals surface area contributed by atoms with Crippen molar-refractivity contribution in [2.75, 3.05) is 23.3 Å². The number of carboxylic acid groups (broad SMARTS) is 1. The minimum Gasteiger partial charge on any atom is -0.487 e. The SMILES string of the molecule is O=C(Cc1cccnc1)Nc1ccc(OC2CN(c3cccc(C(=O)O)c3-c3ccccc3)C2)cc1. The van der Waals surface area contributed by atoms with Gasteiger partial charge in [0.2, 0.25) is 5.91 Å². The number of hydrogen-bond acceptors (Lipinski definition) is 5. The summed E-state index contributed by atoms with van der Waals surface area (Å²) in [4.78, 5) is 30.3. The molecular weight excluding hydrogens is 454 g/mol. The second kappa shape index (κ2) is 10.3. The quantitative estimate of drug-likeness (QED) is 0.374. The smallest absolute Gasteiger partial charge is 0.336 e. The normalized spacial score (nSPS) is 13.1. The van der Waals surface area contributed by atoms with Crippen molar-refractivity contribution < 1.29 is 19.4 Å². The lowest BCUT2D eigenvalue weighted by atomic mass is 9.95. The maximum Gasteiger partial charge on any atom is 0.336 e. The summed E-state index contributed by atoms with van der Waals surface area (Å²) in [7, 11) is 0. The third-order valence-electron chi connectivity index (χ3n) is 6.05. The molecule has 2 N–H and O–H groups in total. The standard InChI is InChI=1S/C29H25N3O4/c33-27(16-20-6-5-15-30-17-20)31-22-11-13-23(14-12-22)36-24-18-32(19-24)26-10-4-9-25(29(34)35)28(26)21-7-2-1-3-8-21/h1-15,17,24H,16,18-19H2,(H,31,33)(H,34,35). The van der Waals surface area contributed by atoms with Gasteiger partial charge in [0.1, 0.15) is 11.9 Å². The van der Waals surface area contributed by atoms with E-state index in [-0.39, 0.29) is 24.0 Å². The van der Waals surface area contributed by atoms with Crippen molar-refractivity contribution in [2.45, 2.75) is 12.5 Å². The number of rotatable bonds is 8. The van der Waals surface area contributed by atoms with E-state index >= 15 is 0 Å². The molecule has 180 valence electrons. The average molecular weight is 480 g/mol. The molecular formula is C29H25N3O4. The van der Waals surface area contributed by atoms with Crippen molar-refractivity contribution in [1.29, 1.82) is 0 Å². The number of benzene rings is 3. The highest BCUT2D eigenvalue weighted by molar-refractivity contribution is 6.00. The number of nitrogens with zero attached hydrogens (tertiary/aromatic N) is 2. The molecule has 0 spiro atoms. The van der Waals surface area contributed by atoms with Gasteiger partial charge in [0, 0.05) is 29.3 Å². The Bertz CT molecular complexity index is 1350. The zero-order valence-electron chi connectivity index (χ0n) is 19.5. The topological polar surface area (TPSA) is 91.8 Å². The zero-order valence-corrected chi connectivity index (χ0v) is 19.5. The number of carbonyl (C=O) groups is 2. The van der Waals surface area contributed by atoms with Crippen molar-refractivity contribution >= 4 is 23.3 Å². The minimum atomic E-state index is -0.948. The number of hydrogen-bond donors (Lipinski definition) is 2. The highest BCUT2D eigenvalue weighted by Gasteiger charge is 2.31. The Morgan fingerprint density at radius 1 is 0.944 bits per heavy atom. The van der Waals surface area contributed by atoms with Crippen LogP contribution in [-0.4, -0.2) is 41.2 Å². The summed E-state index contributed by atoms with van der Waals surface area (Å²) >= 11 is 0. The first kappa shape index (κ1) is 23.1. The van der Waals surface area contributed by atoms with Crippen LogP contribution in [0.2, 0.25) is 0 Å². The van der Waals surface area contributed by atoms with Crippen LogP contribution in [0.25, 0.3) is 11.1 Å². The van der Waals surface area contributed by atoms with Crippen LogP contribution in [-0.2, 0) is 11.2 Å². The van der Waals surface area contributed by atoms with Gasteiger partial charge in [0.15, 0.2) is 0 Å². The van der Waals surface area contributed by atoms with Crippen molar-refractivity contribution in [2.24, 2.45) is 0 Å². The van der Waals surface area contributed by atoms with Crippen LogP contribution in [0, 0.1) is 0 Å². The fourth-order valence-electron chi connectivity index (χ4n) is 4.30. The third kappa shape index (κ3) is 5.20. The van der Waals surface area contributed by atoms with Gasteiger partial charge < -0.3 is 20.1 Å². The summed E-state index contributed by atoms with van der Waals surface area (Å²) in [5, 5.41) is 12.6. The van der Waals surface area contributed by atoms with Gasteiger partial charge in [-0.2, -0.15) is 0 Å². The second-order valence-electron chi connectivity index (χ2n) is 8.63. The number of ether oxygens (including phenoxy) is 1. The van der Waals surface area contributed by atoms with Crippen LogP contribution in [0.15, 0.2) is 97.3 Å². The number of nitrogens with one attached hydrogen (secondary N) is 1. The van der Waals surface area contributed by atoms with Crippen LogP contribution >= 0.6 is 0 Å². The van der Waals surface area contributed by atoms with Gasteiger partial charge in [0.25, 0.3) is 0 Å². The maximum absolute atomic E-state index is 12.3. The van der Waals surface area contributed by atoms with E-state index in [1.54, 1.807) is 24.5 Å². The zero-order chi connectivity index (χ0) is 24.9. The molecule has 0 aliphatic carbocycles. The van der Waals surface area contributed by atoms with Gasteiger partial charge in [-0.05, 0) is 53.6 Å². The summed E-state index contributed by atoms with van der Waals surface area (Å²) < 4.78 is 6.10. The molecule has 0 unspecified atom stereocenters. The summed E-state index contributed by atoms with van der Waals surface area (Å²) in [6.45, 7) is 1.29.